The first-order valence-corrected chi connectivity index (χ1v) is 6.79. The molecule has 0 aromatic carbocycles. The number of ether oxygens (including phenoxy) is 1. The average Bonchev–Trinajstić information content (AvgIpc) is 3.16. The molecule has 21 heavy (non-hydrogen) atoms. The van der Waals surface area contributed by atoms with Crippen LogP contribution in [0.2, 0.25) is 0 Å². The molecule has 8 heteroatoms. The Balaban J connectivity index is 1.73. The van der Waals surface area contributed by atoms with Crippen LogP contribution in [0.25, 0.3) is 10.8 Å². The van der Waals surface area contributed by atoms with Crippen molar-refractivity contribution < 1.29 is 19.2 Å². The van der Waals surface area contributed by atoms with Crippen LogP contribution in [0.5, 0.6) is 5.75 Å². The number of nitrogens with zero attached hydrogens (tertiary/aromatic N) is 3. The molecule has 3 heterocycles. The maximum atomic E-state index is 11.0. The van der Waals surface area contributed by atoms with Crippen LogP contribution < -0.4 is 4.74 Å². The Morgan fingerprint density at radius 1 is 1.38 bits per heavy atom. The van der Waals surface area contributed by atoms with Crippen molar-refractivity contribution in [1.82, 2.24) is 15.1 Å². The van der Waals surface area contributed by atoms with E-state index in [-0.39, 0.29) is 18.1 Å². The van der Waals surface area contributed by atoms with Gasteiger partial charge < -0.3 is 14.4 Å². The van der Waals surface area contributed by atoms with E-state index in [0.29, 0.717) is 11.7 Å². The van der Waals surface area contributed by atoms with E-state index in [1.165, 1.54) is 23.6 Å². The van der Waals surface area contributed by atoms with Gasteiger partial charge in [-0.3, -0.25) is 0 Å². The standard InChI is InChI=1S/C13H9N3O4S/c17-13(18)11-8(3-1-5-14-11)19-7-10-15-12(20-16-10)9-4-2-6-21-9/h1-6H,7H2,(H,17,18). The number of pyridine rings is 1. The Morgan fingerprint density at radius 3 is 3.05 bits per heavy atom. The fourth-order valence-electron chi connectivity index (χ4n) is 1.62. The molecule has 106 valence electrons. The number of carbonyl (C=O) groups is 1. The quantitative estimate of drug-likeness (QED) is 0.773. The molecule has 0 atom stereocenters. The van der Waals surface area contributed by atoms with E-state index in [2.05, 4.69) is 15.1 Å². The van der Waals surface area contributed by atoms with Gasteiger partial charge in [-0.1, -0.05) is 11.2 Å². The van der Waals surface area contributed by atoms with Crippen LogP contribution in [-0.2, 0) is 6.61 Å². The zero-order chi connectivity index (χ0) is 14.7. The predicted molar refractivity (Wildman–Crippen MR) is 73.1 cm³/mol. The second kappa shape index (κ2) is 5.71. The van der Waals surface area contributed by atoms with Gasteiger partial charge in [-0.2, -0.15) is 4.98 Å². The highest BCUT2D eigenvalue weighted by atomic mass is 32.1. The second-order valence-electron chi connectivity index (χ2n) is 3.94. The summed E-state index contributed by atoms with van der Waals surface area (Å²) in [5.74, 6) is -0.253. The van der Waals surface area contributed by atoms with Crippen LogP contribution in [-0.4, -0.2) is 26.2 Å². The van der Waals surface area contributed by atoms with Crippen molar-refractivity contribution >= 4 is 17.3 Å². The molecule has 0 radical (unpaired) electrons. The van der Waals surface area contributed by atoms with Crippen LogP contribution in [0.3, 0.4) is 0 Å². The normalized spacial score (nSPS) is 10.5. The number of aromatic nitrogens is 3. The Hall–Kier alpha value is -2.74. The molecule has 0 saturated heterocycles. The lowest BCUT2D eigenvalue weighted by Gasteiger charge is -2.05. The zero-order valence-corrected chi connectivity index (χ0v) is 11.4. The van der Waals surface area contributed by atoms with Gasteiger partial charge in [0.1, 0.15) is 0 Å². The molecule has 0 aliphatic heterocycles. The SMILES string of the molecule is O=C(O)c1ncccc1OCc1noc(-c2cccs2)n1. The molecule has 0 spiro atoms. The van der Waals surface area contributed by atoms with Crippen LogP contribution in [0.1, 0.15) is 16.3 Å². The van der Waals surface area contributed by atoms with E-state index in [4.69, 9.17) is 14.4 Å². The summed E-state index contributed by atoms with van der Waals surface area (Å²) in [4.78, 5) is 19.8. The molecule has 3 aromatic rings. The topological polar surface area (TPSA) is 98.3 Å². The third-order valence-corrected chi connectivity index (χ3v) is 3.39. The van der Waals surface area contributed by atoms with Gasteiger partial charge in [0.2, 0.25) is 5.82 Å². The summed E-state index contributed by atoms with van der Waals surface area (Å²) < 4.78 is 10.5. The van der Waals surface area contributed by atoms with Gasteiger partial charge in [-0.15, -0.1) is 11.3 Å². The molecule has 0 amide bonds. The number of carboxylic acid groups (broad SMARTS) is 1. The van der Waals surface area contributed by atoms with Crippen molar-refractivity contribution in [2.75, 3.05) is 0 Å². The Kier molecular flexibility index (Phi) is 3.61. The fraction of sp³-hybridized carbons (Fsp3) is 0.0769. The number of carboxylic acids is 1. The first-order valence-electron chi connectivity index (χ1n) is 5.91. The Labute approximate surface area is 122 Å². The van der Waals surface area contributed by atoms with Crippen molar-refractivity contribution in [1.29, 1.82) is 0 Å². The number of aromatic carboxylic acids is 1. The van der Waals surface area contributed by atoms with Crippen molar-refractivity contribution in [3.8, 4) is 16.5 Å². The third kappa shape index (κ3) is 2.90. The Bertz CT molecular complexity index is 754. The van der Waals surface area contributed by atoms with Crippen molar-refractivity contribution in [2.45, 2.75) is 6.61 Å². The molecular formula is C13H9N3O4S. The fourth-order valence-corrected chi connectivity index (χ4v) is 2.27. The summed E-state index contributed by atoms with van der Waals surface area (Å²) in [5, 5.41) is 14.7. The predicted octanol–water partition coefficient (Wildman–Crippen LogP) is 2.47. The van der Waals surface area contributed by atoms with Gasteiger partial charge in [0, 0.05) is 6.20 Å². The van der Waals surface area contributed by atoms with E-state index in [9.17, 15) is 4.79 Å². The number of hydrogen-bond donors (Lipinski definition) is 1. The molecule has 7 nitrogen and oxygen atoms in total. The average molecular weight is 303 g/mol. The minimum atomic E-state index is -1.15. The highest BCUT2D eigenvalue weighted by Gasteiger charge is 2.14. The van der Waals surface area contributed by atoms with Crippen molar-refractivity contribution in [3.63, 3.8) is 0 Å². The molecule has 3 rings (SSSR count). The minimum Gasteiger partial charge on any atom is -0.483 e. The van der Waals surface area contributed by atoms with E-state index >= 15 is 0 Å². The van der Waals surface area contributed by atoms with Gasteiger partial charge in [0.25, 0.3) is 5.89 Å². The van der Waals surface area contributed by atoms with Crippen LogP contribution >= 0.6 is 11.3 Å². The first kappa shape index (κ1) is 13.3. The van der Waals surface area contributed by atoms with E-state index < -0.39 is 5.97 Å². The van der Waals surface area contributed by atoms with Gasteiger partial charge in [0.15, 0.2) is 18.1 Å². The largest absolute Gasteiger partial charge is 0.483 e. The van der Waals surface area contributed by atoms with E-state index in [0.717, 1.165) is 4.88 Å². The zero-order valence-electron chi connectivity index (χ0n) is 10.6. The maximum absolute atomic E-state index is 11.0. The summed E-state index contributed by atoms with van der Waals surface area (Å²) in [5.41, 5.74) is -0.153. The third-order valence-electron chi connectivity index (χ3n) is 2.53. The first-order chi connectivity index (χ1) is 10.2. The molecule has 3 aromatic heterocycles. The summed E-state index contributed by atoms with van der Waals surface area (Å²) in [7, 11) is 0. The molecular weight excluding hydrogens is 294 g/mol. The highest BCUT2D eigenvalue weighted by Crippen LogP contribution is 2.23. The van der Waals surface area contributed by atoms with Crippen LogP contribution in [0.15, 0.2) is 40.4 Å². The molecule has 0 unspecified atom stereocenters. The number of hydrogen-bond acceptors (Lipinski definition) is 7. The summed E-state index contributed by atoms with van der Waals surface area (Å²) in [6.07, 6.45) is 1.39. The molecule has 0 saturated carbocycles. The summed E-state index contributed by atoms with van der Waals surface area (Å²) in [6, 6.07) is 6.87. The van der Waals surface area contributed by atoms with Crippen molar-refractivity contribution in [2.24, 2.45) is 0 Å². The lowest BCUT2D eigenvalue weighted by Crippen LogP contribution is -2.06. The maximum Gasteiger partial charge on any atom is 0.358 e. The minimum absolute atomic E-state index is 0.000842. The Morgan fingerprint density at radius 2 is 2.29 bits per heavy atom. The summed E-state index contributed by atoms with van der Waals surface area (Å²) >= 11 is 1.49. The number of thiophene rings is 1. The van der Waals surface area contributed by atoms with Gasteiger partial charge >= 0.3 is 5.97 Å². The summed E-state index contributed by atoms with van der Waals surface area (Å²) in [6.45, 7) is 0.000842. The van der Waals surface area contributed by atoms with E-state index in [1.54, 1.807) is 6.07 Å². The lowest BCUT2D eigenvalue weighted by molar-refractivity contribution is 0.0684. The van der Waals surface area contributed by atoms with E-state index in [1.807, 2.05) is 17.5 Å². The second-order valence-corrected chi connectivity index (χ2v) is 4.88. The molecule has 0 aliphatic rings. The van der Waals surface area contributed by atoms with Gasteiger partial charge in [-0.05, 0) is 23.6 Å². The monoisotopic (exact) mass is 303 g/mol. The molecule has 0 aliphatic carbocycles. The molecule has 0 bridgehead atoms. The highest BCUT2D eigenvalue weighted by molar-refractivity contribution is 7.13. The molecule has 0 fully saturated rings. The van der Waals surface area contributed by atoms with Gasteiger partial charge in [0.05, 0.1) is 4.88 Å². The molecule has 1 N–H and O–H groups in total. The number of rotatable bonds is 5. The smallest absolute Gasteiger partial charge is 0.358 e. The lowest BCUT2D eigenvalue weighted by atomic mass is 10.3. The van der Waals surface area contributed by atoms with Gasteiger partial charge in [-0.25, -0.2) is 9.78 Å². The van der Waals surface area contributed by atoms with Crippen molar-refractivity contribution in [3.05, 3.63) is 47.4 Å². The van der Waals surface area contributed by atoms with Crippen LogP contribution in [0, 0.1) is 0 Å². The van der Waals surface area contributed by atoms with Crippen LogP contribution in [0.4, 0.5) is 0 Å².